The summed E-state index contributed by atoms with van der Waals surface area (Å²) in [6.45, 7) is 35.1. The molecule has 0 saturated heterocycles. The minimum Gasteiger partial charge on any atom is -0.481 e. The lowest BCUT2D eigenvalue weighted by molar-refractivity contribution is -0.155. The number of esters is 3. The van der Waals surface area contributed by atoms with Crippen LogP contribution >= 0.6 is 0 Å². The molecule has 0 bridgehead atoms. The molecule has 0 aliphatic carbocycles. The average Bonchev–Trinajstić information content (AvgIpc) is 3.28. The number of carboxylic acids is 1. The number of carboxylic acid groups (broad SMARTS) is 1. The molecular formula is C52H62N6O8. The van der Waals surface area contributed by atoms with Crippen molar-refractivity contribution in [3.8, 4) is 6.07 Å². The highest BCUT2D eigenvalue weighted by atomic mass is 16.6. The number of ether oxygens (including phenoxy) is 3. The molecular weight excluding hydrogens is 837 g/mol. The van der Waals surface area contributed by atoms with E-state index in [-0.39, 0.29) is 47.6 Å². The number of carbonyl (C=O) groups excluding carboxylic acids is 3. The summed E-state index contributed by atoms with van der Waals surface area (Å²) in [5.41, 5.74) is 2.03. The second-order valence-electron chi connectivity index (χ2n) is 17.2. The van der Waals surface area contributed by atoms with Gasteiger partial charge in [0.25, 0.3) is 11.4 Å². The van der Waals surface area contributed by atoms with Gasteiger partial charge in [0, 0.05) is 54.3 Å². The summed E-state index contributed by atoms with van der Waals surface area (Å²) in [5, 5.41) is 19.0. The molecule has 0 heterocycles. The van der Waals surface area contributed by atoms with Crippen molar-refractivity contribution in [2.75, 3.05) is 47.6 Å². The van der Waals surface area contributed by atoms with E-state index in [2.05, 4.69) is 74.9 Å². The van der Waals surface area contributed by atoms with E-state index in [1.807, 2.05) is 42.2 Å². The molecule has 14 nitrogen and oxygen atoms in total. The summed E-state index contributed by atoms with van der Waals surface area (Å²) >= 11 is 0. The summed E-state index contributed by atoms with van der Waals surface area (Å²) in [6, 6.07) is 24.5. The lowest BCUT2D eigenvalue weighted by Gasteiger charge is -2.33. The Labute approximate surface area is 390 Å². The van der Waals surface area contributed by atoms with Crippen LogP contribution in [0.1, 0.15) is 92.3 Å². The van der Waals surface area contributed by atoms with Gasteiger partial charge < -0.3 is 34.0 Å². The maximum atomic E-state index is 13.4. The Morgan fingerprint density at radius 3 is 1.30 bits per heavy atom. The highest BCUT2D eigenvalue weighted by Crippen LogP contribution is 2.26. The van der Waals surface area contributed by atoms with Crippen LogP contribution in [0.2, 0.25) is 0 Å². The smallest absolute Gasteiger partial charge is 0.348 e. The molecule has 3 aromatic carbocycles. The van der Waals surface area contributed by atoms with Gasteiger partial charge in [-0.1, -0.05) is 36.4 Å². The Kier molecular flexibility index (Phi) is 20.2. The number of benzene rings is 3. The minimum absolute atomic E-state index is 0.0400. The Hall–Kier alpha value is -7.37. The van der Waals surface area contributed by atoms with E-state index in [9.17, 15) is 24.4 Å². The lowest BCUT2D eigenvalue weighted by Crippen LogP contribution is -2.37. The first-order valence-electron chi connectivity index (χ1n) is 21.9. The fourth-order valence-electron chi connectivity index (χ4n) is 7.32. The quantitative estimate of drug-likeness (QED) is 0.0316. The molecule has 3 rings (SSSR count). The van der Waals surface area contributed by atoms with Gasteiger partial charge >= 0.3 is 23.9 Å². The highest BCUT2D eigenvalue weighted by Gasteiger charge is 2.33. The molecule has 0 atom stereocenters. The first-order valence-corrected chi connectivity index (χ1v) is 21.9. The third kappa shape index (κ3) is 15.7. The van der Waals surface area contributed by atoms with Gasteiger partial charge in [0.1, 0.15) is 31.5 Å². The predicted octanol–water partition coefficient (Wildman–Crippen LogP) is 9.70. The third-order valence-electron chi connectivity index (χ3n) is 10.4. The molecule has 1 N–H and O–H groups in total. The van der Waals surface area contributed by atoms with Gasteiger partial charge in [-0.15, -0.1) is 0 Å². The van der Waals surface area contributed by atoms with Crippen LogP contribution in [0.5, 0.6) is 0 Å². The van der Waals surface area contributed by atoms with Gasteiger partial charge in [-0.2, -0.15) is 5.26 Å². The zero-order chi connectivity index (χ0) is 49.1. The van der Waals surface area contributed by atoms with Crippen molar-refractivity contribution in [2.45, 2.75) is 99.8 Å². The Morgan fingerprint density at radius 1 is 0.636 bits per heavy atom. The maximum absolute atomic E-state index is 13.4. The largest absolute Gasteiger partial charge is 0.481 e. The van der Waals surface area contributed by atoms with Gasteiger partial charge in [-0.3, -0.25) is 14.4 Å². The maximum Gasteiger partial charge on any atom is 0.348 e. The molecule has 0 spiro atoms. The monoisotopic (exact) mass is 898 g/mol. The Morgan fingerprint density at radius 2 is 0.985 bits per heavy atom. The summed E-state index contributed by atoms with van der Waals surface area (Å²) in [4.78, 5) is 64.4. The van der Waals surface area contributed by atoms with Gasteiger partial charge in [0.15, 0.2) is 0 Å². The molecule has 0 aliphatic rings. The van der Waals surface area contributed by atoms with Gasteiger partial charge in [-0.05, 0) is 141 Å². The van der Waals surface area contributed by atoms with Crippen LogP contribution in [0.3, 0.4) is 0 Å². The van der Waals surface area contributed by atoms with Crippen LogP contribution in [0.25, 0.3) is 27.9 Å². The standard InChI is InChI=1S/C52H62N6O8/c1-13-56(27-26-48(59)60)43-20-14-39(15-21-43)28-42(31-53)49(61)64-32-52(10,33-65-50(62)46(54-11)29-40-16-22-44(23-17-40)57(35(2)3)36(4)5)34-66-51(63)47(55-12)30-41-18-24-45(25-19-41)58(37(6)7)38(8)9/h14-25,28-30,35-38H,13,26-27,32-34H2,1-10H3,(H,59,60)/b42-28+,46-29-,47-30-. The zero-order valence-electron chi connectivity index (χ0n) is 39.7. The van der Waals surface area contributed by atoms with Crippen molar-refractivity contribution in [3.05, 3.63) is 129 Å². The molecule has 348 valence electrons. The Bertz CT molecular complexity index is 2240. The fourth-order valence-corrected chi connectivity index (χ4v) is 7.32. The molecule has 0 aliphatic heterocycles. The number of aliphatic carboxylic acids is 1. The van der Waals surface area contributed by atoms with E-state index in [1.54, 1.807) is 48.5 Å². The number of hydrogen-bond acceptors (Lipinski definition) is 11. The van der Waals surface area contributed by atoms with E-state index < -0.39 is 49.1 Å². The van der Waals surface area contributed by atoms with Crippen molar-refractivity contribution in [1.29, 1.82) is 5.26 Å². The number of anilines is 3. The number of nitrogens with zero attached hydrogens (tertiary/aromatic N) is 6. The molecule has 0 radical (unpaired) electrons. The molecule has 0 amide bonds. The van der Waals surface area contributed by atoms with E-state index in [4.69, 9.17) is 32.5 Å². The van der Waals surface area contributed by atoms with Crippen molar-refractivity contribution in [3.63, 3.8) is 0 Å². The first-order chi connectivity index (χ1) is 31.3. The topological polar surface area (TPSA) is 158 Å². The van der Waals surface area contributed by atoms with Crippen molar-refractivity contribution in [1.82, 2.24) is 0 Å². The number of carbonyl (C=O) groups is 4. The molecule has 14 heteroatoms. The van der Waals surface area contributed by atoms with Gasteiger partial charge in [0.2, 0.25) is 0 Å². The van der Waals surface area contributed by atoms with E-state index in [1.165, 1.54) is 25.2 Å². The number of rotatable bonds is 23. The highest BCUT2D eigenvalue weighted by molar-refractivity contribution is 5.98. The second-order valence-corrected chi connectivity index (χ2v) is 17.2. The molecule has 0 saturated carbocycles. The van der Waals surface area contributed by atoms with Crippen molar-refractivity contribution < 1.29 is 38.5 Å². The number of nitriles is 1. The summed E-state index contributed by atoms with van der Waals surface area (Å²) < 4.78 is 16.8. The minimum atomic E-state index is -1.42. The molecule has 3 aromatic rings. The van der Waals surface area contributed by atoms with E-state index in [0.717, 1.165) is 17.1 Å². The first kappa shape index (κ1) is 53.0. The molecule has 66 heavy (non-hydrogen) atoms. The molecule has 0 unspecified atom stereocenters. The third-order valence-corrected chi connectivity index (χ3v) is 10.4. The fraction of sp³-hybridized carbons (Fsp3) is 0.404. The van der Waals surface area contributed by atoms with Crippen LogP contribution in [-0.4, -0.2) is 86.1 Å². The molecule has 0 aromatic heterocycles. The van der Waals surface area contributed by atoms with Gasteiger partial charge in [-0.25, -0.2) is 14.5 Å². The van der Waals surface area contributed by atoms with Crippen molar-refractivity contribution in [2.24, 2.45) is 5.41 Å². The predicted molar refractivity (Wildman–Crippen MR) is 259 cm³/mol. The van der Waals surface area contributed by atoms with Crippen LogP contribution < -0.4 is 14.7 Å². The summed E-state index contributed by atoms with van der Waals surface area (Å²) in [6.07, 6.45) is 4.10. The zero-order valence-corrected chi connectivity index (χ0v) is 39.7. The van der Waals surface area contributed by atoms with E-state index in [0.29, 0.717) is 29.8 Å². The summed E-state index contributed by atoms with van der Waals surface area (Å²) in [7, 11) is 0. The SMILES string of the molecule is [C-]#[N+]/C(=C\c1ccc(N(C(C)C)C(C)C)cc1)C(=O)OCC(C)(COC(=O)/C(=C/c1ccc(N(C(C)C)C(C)C)cc1)[N+]#[C-])COC(=O)/C(C#N)=C/c1ccc(N(CC)CCC(=O)O)cc1. The second kappa shape index (κ2) is 25.2. The van der Waals surface area contributed by atoms with E-state index >= 15 is 0 Å². The normalized spacial score (nSPS) is 12.7. The Balaban J connectivity index is 1.87. The summed E-state index contributed by atoms with van der Waals surface area (Å²) in [5.74, 6) is -3.84. The van der Waals surface area contributed by atoms with Crippen LogP contribution in [0.15, 0.2) is 89.8 Å². The average molecular weight is 899 g/mol. The lowest BCUT2D eigenvalue weighted by atomic mass is 9.94. The van der Waals surface area contributed by atoms with Gasteiger partial charge in [0.05, 0.1) is 25.0 Å². The van der Waals surface area contributed by atoms with Crippen molar-refractivity contribution >= 4 is 59.2 Å². The van der Waals surface area contributed by atoms with Crippen LogP contribution in [-0.2, 0) is 33.4 Å². The molecule has 0 fully saturated rings. The van der Waals surface area contributed by atoms with Crippen LogP contribution in [0, 0.1) is 29.9 Å². The number of hydrogen-bond donors (Lipinski definition) is 1. The van der Waals surface area contributed by atoms with Crippen LogP contribution in [0.4, 0.5) is 17.1 Å².